The molecule has 3 rings (SSSR count). The van der Waals surface area contributed by atoms with Crippen molar-refractivity contribution >= 4 is 0 Å². The lowest BCUT2D eigenvalue weighted by atomic mass is 10.3. The van der Waals surface area contributed by atoms with Gasteiger partial charge in [-0.05, 0) is 12.8 Å². The van der Waals surface area contributed by atoms with Gasteiger partial charge in [-0.3, -0.25) is 0 Å². The number of hydrogen-bond acceptors (Lipinski definition) is 5. The van der Waals surface area contributed by atoms with Crippen molar-refractivity contribution in [3.8, 4) is 0 Å². The first-order valence-corrected chi connectivity index (χ1v) is 5.73. The second kappa shape index (κ2) is 4.12. The van der Waals surface area contributed by atoms with Crippen molar-refractivity contribution in [1.82, 2.24) is 14.8 Å². The van der Waals surface area contributed by atoms with Crippen molar-refractivity contribution in [2.45, 2.75) is 31.5 Å². The van der Waals surface area contributed by atoms with Crippen LogP contribution in [-0.2, 0) is 16.0 Å². The van der Waals surface area contributed by atoms with Gasteiger partial charge in [0.05, 0.1) is 26.4 Å². The Morgan fingerprint density at radius 2 is 2.19 bits per heavy atom. The van der Waals surface area contributed by atoms with E-state index in [4.69, 9.17) is 15.2 Å². The van der Waals surface area contributed by atoms with E-state index in [-0.39, 0.29) is 6.10 Å². The quantitative estimate of drug-likeness (QED) is 0.791. The van der Waals surface area contributed by atoms with Crippen LogP contribution in [0.15, 0.2) is 0 Å². The van der Waals surface area contributed by atoms with Crippen molar-refractivity contribution in [1.29, 1.82) is 0 Å². The van der Waals surface area contributed by atoms with Crippen LogP contribution in [0.2, 0.25) is 0 Å². The standard InChI is InChI=1S/C10H16N4O2/c11-5-9-12-13-10(14(9)7-1-2-7)8-6-15-3-4-16-8/h7-8H,1-6,11H2. The topological polar surface area (TPSA) is 75.2 Å². The lowest BCUT2D eigenvalue weighted by molar-refractivity contribution is -0.0948. The molecular weight excluding hydrogens is 208 g/mol. The van der Waals surface area contributed by atoms with Crippen LogP contribution in [0.3, 0.4) is 0 Å². The van der Waals surface area contributed by atoms with Crippen molar-refractivity contribution in [2.24, 2.45) is 5.73 Å². The lowest BCUT2D eigenvalue weighted by Gasteiger charge is -2.23. The van der Waals surface area contributed by atoms with Gasteiger partial charge in [0.1, 0.15) is 11.9 Å². The lowest BCUT2D eigenvalue weighted by Crippen LogP contribution is -2.25. The minimum absolute atomic E-state index is 0.0813. The van der Waals surface area contributed by atoms with Gasteiger partial charge < -0.3 is 19.8 Å². The summed E-state index contributed by atoms with van der Waals surface area (Å²) in [5, 5.41) is 8.32. The van der Waals surface area contributed by atoms with Crippen LogP contribution in [0, 0.1) is 0 Å². The molecule has 2 N–H and O–H groups in total. The molecule has 1 atom stereocenters. The molecule has 2 fully saturated rings. The van der Waals surface area contributed by atoms with Gasteiger partial charge in [0, 0.05) is 6.04 Å². The summed E-state index contributed by atoms with van der Waals surface area (Å²) >= 11 is 0. The number of aromatic nitrogens is 3. The predicted molar refractivity (Wildman–Crippen MR) is 55.7 cm³/mol. The fourth-order valence-electron chi connectivity index (χ4n) is 2.06. The summed E-state index contributed by atoms with van der Waals surface area (Å²) in [6.45, 7) is 2.28. The number of nitrogens with zero attached hydrogens (tertiary/aromatic N) is 3. The van der Waals surface area contributed by atoms with Crippen LogP contribution in [0.25, 0.3) is 0 Å². The molecule has 2 heterocycles. The van der Waals surface area contributed by atoms with E-state index in [1.807, 2.05) is 0 Å². The van der Waals surface area contributed by atoms with E-state index >= 15 is 0 Å². The van der Waals surface area contributed by atoms with Crippen LogP contribution in [-0.4, -0.2) is 34.6 Å². The third-order valence-corrected chi connectivity index (χ3v) is 2.99. The van der Waals surface area contributed by atoms with Crippen molar-refractivity contribution in [2.75, 3.05) is 19.8 Å². The summed E-state index contributed by atoms with van der Waals surface area (Å²) in [5.74, 6) is 1.73. The average molecular weight is 224 g/mol. The second-order valence-electron chi connectivity index (χ2n) is 4.21. The zero-order chi connectivity index (χ0) is 11.0. The Morgan fingerprint density at radius 1 is 1.31 bits per heavy atom. The third-order valence-electron chi connectivity index (χ3n) is 2.99. The Balaban J connectivity index is 1.89. The molecule has 0 aromatic carbocycles. The third kappa shape index (κ3) is 1.73. The highest BCUT2D eigenvalue weighted by Gasteiger charge is 2.32. The smallest absolute Gasteiger partial charge is 0.164 e. The fourth-order valence-corrected chi connectivity index (χ4v) is 2.06. The molecular formula is C10H16N4O2. The number of hydrogen-bond donors (Lipinski definition) is 1. The van der Waals surface area contributed by atoms with E-state index in [0.717, 1.165) is 11.6 Å². The number of nitrogens with two attached hydrogens (primary N) is 1. The molecule has 88 valence electrons. The zero-order valence-electron chi connectivity index (χ0n) is 9.13. The Kier molecular flexibility index (Phi) is 2.62. The van der Waals surface area contributed by atoms with Gasteiger partial charge >= 0.3 is 0 Å². The van der Waals surface area contributed by atoms with Gasteiger partial charge in [0.15, 0.2) is 5.82 Å². The summed E-state index contributed by atoms with van der Waals surface area (Å²) in [4.78, 5) is 0. The van der Waals surface area contributed by atoms with Crippen LogP contribution in [0.4, 0.5) is 0 Å². The van der Waals surface area contributed by atoms with E-state index in [1.165, 1.54) is 12.8 Å². The van der Waals surface area contributed by atoms with E-state index in [2.05, 4.69) is 14.8 Å². The maximum Gasteiger partial charge on any atom is 0.164 e. The van der Waals surface area contributed by atoms with Gasteiger partial charge in [-0.25, -0.2) is 0 Å². The normalized spacial score (nSPS) is 25.9. The highest BCUT2D eigenvalue weighted by atomic mass is 16.6. The van der Waals surface area contributed by atoms with Crippen LogP contribution >= 0.6 is 0 Å². The molecule has 0 radical (unpaired) electrons. The molecule has 1 saturated heterocycles. The molecule has 6 nitrogen and oxygen atoms in total. The fraction of sp³-hybridized carbons (Fsp3) is 0.800. The van der Waals surface area contributed by atoms with Crippen LogP contribution in [0.5, 0.6) is 0 Å². The maximum atomic E-state index is 5.66. The van der Waals surface area contributed by atoms with E-state index in [1.54, 1.807) is 0 Å². The second-order valence-corrected chi connectivity index (χ2v) is 4.21. The SMILES string of the molecule is NCc1nnc(C2COCCO2)n1C1CC1. The minimum Gasteiger partial charge on any atom is -0.376 e. The molecule has 0 amide bonds. The largest absolute Gasteiger partial charge is 0.376 e. The molecule has 0 spiro atoms. The molecule has 0 bridgehead atoms. The monoisotopic (exact) mass is 224 g/mol. The summed E-state index contributed by atoms with van der Waals surface area (Å²) in [7, 11) is 0. The predicted octanol–water partition coefficient (Wildman–Crippen LogP) is 0.160. The van der Waals surface area contributed by atoms with Gasteiger partial charge in [0.2, 0.25) is 0 Å². The van der Waals surface area contributed by atoms with E-state index in [0.29, 0.717) is 32.4 Å². The van der Waals surface area contributed by atoms with Crippen molar-refractivity contribution < 1.29 is 9.47 Å². The average Bonchev–Trinajstić information content (AvgIpc) is 3.09. The van der Waals surface area contributed by atoms with Gasteiger partial charge in [-0.2, -0.15) is 0 Å². The molecule has 1 aromatic rings. The summed E-state index contributed by atoms with van der Waals surface area (Å²) in [6, 6.07) is 0.522. The molecule has 1 unspecified atom stereocenters. The first kappa shape index (κ1) is 10.2. The van der Waals surface area contributed by atoms with Crippen molar-refractivity contribution in [3.63, 3.8) is 0 Å². The minimum atomic E-state index is -0.0813. The molecule has 16 heavy (non-hydrogen) atoms. The maximum absolute atomic E-state index is 5.66. The number of rotatable bonds is 3. The molecule has 6 heteroatoms. The Labute approximate surface area is 93.7 Å². The molecule has 1 aliphatic carbocycles. The van der Waals surface area contributed by atoms with E-state index in [9.17, 15) is 0 Å². The first-order valence-electron chi connectivity index (χ1n) is 5.73. The molecule has 2 aliphatic rings. The van der Waals surface area contributed by atoms with Crippen molar-refractivity contribution in [3.05, 3.63) is 11.6 Å². The highest BCUT2D eigenvalue weighted by molar-refractivity contribution is 5.05. The van der Waals surface area contributed by atoms with Gasteiger partial charge in [-0.15, -0.1) is 10.2 Å². The Bertz CT molecular complexity index is 369. The zero-order valence-corrected chi connectivity index (χ0v) is 9.13. The van der Waals surface area contributed by atoms with Crippen LogP contribution < -0.4 is 5.73 Å². The van der Waals surface area contributed by atoms with Crippen LogP contribution in [0.1, 0.15) is 36.6 Å². The highest BCUT2D eigenvalue weighted by Crippen LogP contribution is 2.38. The molecule has 1 saturated carbocycles. The summed E-state index contributed by atoms with van der Waals surface area (Å²) < 4.78 is 13.2. The summed E-state index contributed by atoms with van der Waals surface area (Å²) in [6.07, 6.45) is 2.29. The molecule has 1 aromatic heterocycles. The van der Waals surface area contributed by atoms with E-state index < -0.39 is 0 Å². The van der Waals surface area contributed by atoms with Gasteiger partial charge in [-0.1, -0.05) is 0 Å². The Hall–Kier alpha value is -0.980. The Morgan fingerprint density at radius 3 is 2.81 bits per heavy atom. The van der Waals surface area contributed by atoms with Gasteiger partial charge in [0.25, 0.3) is 0 Å². The first-order chi connectivity index (χ1) is 7.90. The summed E-state index contributed by atoms with van der Waals surface area (Å²) in [5.41, 5.74) is 5.66. The number of ether oxygens (including phenoxy) is 2. The molecule has 1 aliphatic heterocycles.